The van der Waals surface area contributed by atoms with Crippen molar-refractivity contribution in [1.29, 1.82) is 0 Å². The van der Waals surface area contributed by atoms with Gasteiger partial charge in [0.2, 0.25) is 0 Å². The smallest absolute Gasteiger partial charge is 0.321 e. The SMILES string of the molecule is O=C(NCCc1nc2ccccc2[nH]1)c1cccc(N2CCNC2=O)c1. The van der Waals surface area contributed by atoms with Gasteiger partial charge in [0.05, 0.1) is 11.0 Å². The summed E-state index contributed by atoms with van der Waals surface area (Å²) >= 11 is 0. The predicted molar refractivity (Wildman–Crippen MR) is 99.3 cm³/mol. The number of amides is 3. The van der Waals surface area contributed by atoms with Gasteiger partial charge in [-0.05, 0) is 30.3 Å². The van der Waals surface area contributed by atoms with Crippen LogP contribution in [0.1, 0.15) is 16.2 Å². The molecule has 1 aliphatic rings. The normalized spacial score (nSPS) is 13.8. The molecular weight excluding hydrogens is 330 g/mol. The molecule has 3 aromatic rings. The zero-order valence-electron chi connectivity index (χ0n) is 14.2. The average molecular weight is 349 g/mol. The highest BCUT2D eigenvalue weighted by Gasteiger charge is 2.21. The van der Waals surface area contributed by atoms with E-state index < -0.39 is 0 Å². The summed E-state index contributed by atoms with van der Waals surface area (Å²) in [7, 11) is 0. The van der Waals surface area contributed by atoms with Crippen molar-refractivity contribution in [2.24, 2.45) is 0 Å². The van der Waals surface area contributed by atoms with E-state index in [4.69, 9.17) is 0 Å². The Kier molecular flexibility index (Phi) is 4.27. The summed E-state index contributed by atoms with van der Waals surface area (Å²) in [5.74, 6) is 0.677. The number of hydrogen-bond donors (Lipinski definition) is 3. The number of carbonyl (C=O) groups is 2. The van der Waals surface area contributed by atoms with Crippen LogP contribution in [0.2, 0.25) is 0 Å². The minimum atomic E-state index is -0.164. The maximum Gasteiger partial charge on any atom is 0.321 e. The van der Waals surface area contributed by atoms with Crippen LogP contribution in [0.3, 0.4) is 0 Å². The Morgan fingerprint density at radius 3 is 2.88 bits per heavy atom. The van der Waals surface area contributed by atoms with Gasteiger partial charge in [0.25, 0.3) is 5.91 Å². The third kappa shape index (κ3) is 3.23. The van der Waals surface area contributed by atoms with Crippen LogP contribution in [0.15, 0.2) is 48.5 Å². The van der Waals surface area contributed by atoms with Crippen LogP contribution >= 0.6 is 0 Å². The summed E-state index contributed by atoms with van der Waals surface area (Å²) in [6.45, 7) is 1.70. The van der Waals surface area contributed by atoms with Crippen molar-refractivity contribution in [2.45, 2.75) is 6.42 Å². The van der Waals surface area contributed by atoms with E-state index in [1.807, 2.05) is 30.3 Å². The van der Waals surface area contributed by atoms with Crippen LogP contribution in [-0.4, -0.2) is 41.5 Å². The molecule has 0 saturated carbocycles. The molecule has 1 saturated heterocycles. The summed E-state index contributed by atoms with van der Waals surface area (Å²) in [6.07, 6.45) is 0.620. The molecule has 4 rings (SSSR count). The Morgan fingerprint density at radius 1 is 1.19 bits per heavy atom. The Morgan fingerprint density at radius 2 is 2.08 bits per heavy atom. The third-order valence-corrected chi connectivity index (χ3v) is 4.36. The number of urea groups is 1. The number of carbonyl (C=O) groups excluding carboxylic acids is 2. The van der Waals surface area contributed by atoms with Crippen molar-refractivity contribution < 1.29 is 9.59 Å². The summed E-state index contributed by atoms with van der Waals surface area (Å²) < 4.78 is 0. The Hall–Kier alpha value is -3.35. The first-order valence-electron chi connectivity index (χ1n) is 8.58. The molecule has 0 radical (unpaired) electrons. The Labute approximate surface area is 150 Å². The van der Waals surface area contributed by atoms with Crippen molar-refractivity contribution in [3.63, 3.8) is 0 Å². The monoisotopic (exact) mass is 349 g/mol. The Balaban J connectivity index is 1.38. The van der Waals surface area contributed by atoms with E-state index in [0.717, 1.165) is 22.5 Å². The minimum Gasteiger partial charge on any atom is -0.352 e. The van der Waals surface area contributed by atoms with Crippen LogP contribution in [0.25, 0.3) is 11.0 Å². The summed E-state index contributed by atoms with van der Waals surface area (Å²) in [4.78, 5) is 33.5. The molecule has 0 bridgehead atoms. The highest BCUT2D eigenvalue weighted by molar-refractivity contribution is 5.98. The number of anilines is 1. The van der Waals surface area contributed by atoms with Crippen LogP contribution < -0.4 is 15.5 Å². The number of aromatic amines is 1. The average Bonchev–Trinajstić information content (AvgIpc) is 3.27. The molecule has 7 nitrogen and oxygen atoms in total. The molecule has 0 atom stereocenters. The first kappa shape index (κ1) is 16.1. The number of benzene rings is 2. The van der Waals surface area contributed by atoms with Gasteiger partial charge in [-0.3, -0.25) is 9.69 Å². The first-order valence-corrected chi connectivity index (χ1v) is 8.58. The van der Waals surface area contributed by atoms with Crippen molar-refractivity contribution in [1.82, 2.24) is 20.6 Å². The quantitative estimate of drug-likeness (QED) is 0.659. The van der Waals surface area contributed by atoms with E-state index in [9.17, 15) is 9.59 Å². The van der Waals surface area contributed by atoms with Gasteiger partial charge < -0.3 is 15.6 Å². The highest BCUT2D eigenvalue weighted by Crippen LogP contribution is 2.18. The summed E-state index contributed by atoms with van der Waals surface area (Å²) in [6, 6.07) is 14.8. The summed E-state index contributed by atoms with van der Waals surface area (Å²) in [5.41, 5.74) is 3.17. The van der Waals surface area contributed by atoms with Crippen molar-refractivity contribution >= 4 is 28.7 Å². The zero-order chi connectivity index (χ0) is 17.9. The molecule has 3 N–H and O–H groups in total. The van der Waals surface area contributed by atoms with Crippen LogP contribution in [0.5, 0.6) is 0 Å². The van der Waals surface area contributed by atoms with E-state index in [1.165, 1.54) is 0 Å². The molecule has 132 valence electrons. The van der Waals surface area contributed by atoms with Gasteiger partial charge in [0.1, 0.15) is 5.82 Å². The van der Waals surface area contributed by atoms with Gasteiger partial charge in [0, 0.05) is 37.3 Å². The lowest BCUT2D eigenvalue weighted by molar-refractivity contribution is 0.0954. The lowest BCUT2D eigenvalue weighted by atomic mass is 10.1. The largest absolute Gasteiger partial charge is 0.352 e. The maximum absolute atomic E-state index is 12.4. The van der Waals surface area contributed by atoms with Crippen molar-refractivity contribution in [3.05, 3.63) is 59.9 Å². The van der Waals surface area contributed by atoms with Crippen molar-refractivity contribution in [3.8, 4) is 0 Å². The molecule has 3 amide bonds. The summed E-state index contributed by atoms with van der Waals surface area (Å²) in [5, 5.41) is 5.66. The lowest BCUT2D eigenvalue weighted by Gasteiger charge is -2.15. The van der Waals surface area contributed by atoms with Crippen molar-refractivity contribution in [2.75, 3.05) is 24.5 Å². The molecule has 1 fully saturated rings. The second-order valence-electron chi connectivity index (χ2n) is 6.14. The van der Waals surface area contributed by atoms with Crippen LogP contribution in [0, 0.1) is 0 Å². The predicted octanol–water partition coefficient (Wildman–Crippen LogP) is 2.07. The Bertz CT molecular complexity index is 932. The number of rotatable bonds is 5. The fourth-order valence-corrected chi connectivity index (χ4v) is 3.05. The van der Waals surface area contributed by atoms with Crippen LogP contribution in [0.4, 0.5) is 10.5 Å². The fourth-order valence-electron chi connectivity index (χ4n) is 3.05. The van der Waals surface area contributed by atoms with Crippen LogP contribution in [-0.2, 0) is 6.42 Å². The molecule has 7 heteroatoms. The highest BCUT2D eigenvalue weighted by atomic mass is 16.2. The number of H-pyrrole nitrogens is 1. The molecule has 1 aliphatic heterocycles. The molecule has 0 aliphatic carbocycles. The maximum atomic E-state index is 12.4. The molecule has 2 aromatic carbocycles. The standard InChI is InChI=1S/C19H19N5O2/c25-18(13-4-3-5-14(12-13)24-11-10-21-19(24)26)20-9-8-17-22-15-6-1-2-7-16(15)23-17/h1-7,12H,8-11H2,(H,20,25)(H,21,26)(H,22,23). The minimum absolute atomic E-state index is 0.132. The second kappa shape index (κ2) is 6.87. The van der Waals surface area contributed by atoms with E-state index in [1.54, 1.807) is 23.1 Å². The second-order valence-corrected chi connectivity index (χ2v) is 6.14. The number of nitrogens with zero attached hydrogens (tertiary/aromatic N) is 2. The number of hydrogen-bond acceptors (Lipinski definition) is 3. The van der Waals surface area contributed by atoms with E-state index in [-0.39, 0.29) is 11.9 Å². The number of imidazole rings is 1. The van der Waals surface area contributed by atoms with Gasteiger partial charge in [-0.2, -0.15) is 0 Å². The topological polar surface area (TPSA) is 90.1 Å². The molecule has 2 heterocycles. The fraction of sp³-hybridized carbons (Fsp3) is 0.211. The molecule has 1 aromatic heterocycles. The molecule has 0 spiro atoms. The molecule has 26 heavy (non-hydrogen) atoms. The van der Waals surface area contributed by atoms with E-state index in [0.29, 0.717) is 31.6 Å². The first-order chi connectivity index (χ1) is 12.7. The third-order valence-electron chi connectivity index (χ3n) is 4.36. The van der Waals surface area contributed by atoms with E-state index in [2.05, 4.69) is 20.6 Å². The number of para-hydroxylation sites is 2. The van der Waals surface area contributed by atoms with Gasteiger partial charge in [-0.25, -0.2) is 9.78 Å². The van der Waals surface area contributed by atoms with Gasteiger partial charge in [-0.1, -0.05) is 18.2 Å². The van der Waals surface area contributed by atoms with Gasteiger partial charge >= 0.3 is 6.03 Å². The van der Waals surface area contributed by atoms with Gasteiger partial charge in [-0.15, -0.1) is 0 Å². The number of aromatic nitrogens is 2. The molecular formula is C19H19N5O2. The molecule has 0 unspecified atom stereocenters. The number of nitrogens with one attached hydrogen (secondary N) is 3. The number of fused-ring (bicyclic) bond motifs is 1. The van der Waals surface area contributed by atoms with E-state index >= 15 is 0 Å². The lowest BCUT2D eigenvalue weighted by Crippen LogP contribution is -2.29. The zero-order valence-corrected chi connectivity index (χ0v) is 14.2. The van der Waals surface area contributed by atoms with Gasteiger partial charge in [0.15, 0.2) is 0 Å².